The van der Waals surface area contributed by atoms with Crippen molar-refractivity contribution in [2.75, 3.05) is 0 Å². The molecule has 1 heterocycles. The van der Waals surface area contributed by atoms with Gasteiger partial charge in [-0.25, -0.2) is 9.97 Å². The molecular weight excluding hydrogens is 332 g/mol. The standard InChI is InChI=1S/C23H22N2Si/c1-26(2,3)20-13-14-21-22(15-20)24-16-25-23(21)19-11-9-18(10-12-19)17-7-5-4-6-8-17/h4-16H,1-3H3. The lowest BCUT2D eigenvalue weighted by Crippen LogP contribution is -2.37. The molecule has 0 spiro atoms. The fraction of sp³-hybridized carbons (Fsp3) is 0.130. The number of nitrogens with zero attached hydrogens (tertiary/aromatic N) is 2. The average molecular weight is 355 g/mol. The van der Waals surface area contributed by atoms with Crippen LogP contribution in [0.3, 0.4) is 0 Å². The Bertz CT molecular complexity index is 1050. The van der Waals surface area contributed by atoms with Gasteiger partial charge in [0.25, 0.3) is 0 Å². The second kappa shape index (κ2) is 6.50. The zero-order valence-corrected chi connectivity index (χ0v) is 16.4. The van der Waals surface area contributed by atoms with Crippen molar-refractivity contribution in [1.29, 1.82) is 0 Å². The lowest BCUT2D eigenvalue weighted by atomic mass is 10.0. The summed E-state index contributed by atoms with van der Waals surface area (Å²) in [4.78, 5) is 9.09. The van der Waals surface area contributed by atoms with Crippen molar-refractivity contribution in [3.8, 4) is 22.4 Å². The van der Waals surface area contributed by atoms with Crippen LogP contribution in [0.25, 0.3) is 33.3 Å². The van der Waals surface area contributed by atoms with Gasteiger partial charge in [-0.1, -0.05) is 91.6 Å². The van der Waals surface area contributed by atoms with Gasteiger partial charge in [0.15, 0.2) is 0 Å². The molecule has 0 bridgehead atoms. The molecule has 1 aromatic heterocycles. The molecule has 0 unspecified atom stereocenters. The third-order valence-corrected chi connectivity index (χ3v) is 6.81. The smallest absolute Gasteiger partial charge is 0.116 e. The minimum absolute atomic E-state index is 0.997. The van der Waals surface area contributed by atoms with E-state index >= 15 is 0 Å². The predicted octanol–water partition coefficient (Wildman–Crippen LogP) is 5.51. The maximum Gasteiger partial charge on any atom is 0.116 e. The first-order chi connectivity index (χ1) is 12.5. The van der Waals surface area contributed by atoms with Crippen molar-refractivity contribution in [1.82, 2.24) is 9.97 Å². The zero-order valence-electron chi connectivity index (χ0n) is 15.4. The zero-order chi connectivity index (χ0) is 18.1. The van der Waals surface area contributed by atoms with Crippen LogP contribution in [0.4, 0.5) is 0 Å². The Morgan fingerprint density at radius 2 is 1.31 bits per heavy atom. The van der Waals surface area contributed by atoms with Gasteiger partial charge in [-0.15, -0.1) is 0 Å². The first kappa shape index (κ1) is 16.7. The van der Waals surface area contributed by atoms with Gasteiger partial charge in [0.1, 0.15) is 6.33 Å². The summed E-state index contributed by atoms with van der Waals surface area (Å²) in [6.07, 6.45) is 1.68. The molecule has 4 rings (SSSR count). The van der Waals surface area contributed by atoms with Crippen molar-refractivity contribution in [2.45, 2.75) is 19.6 Å². The molecule has 0 N–H and O–H groups in total. The van der Waals surface area contributed by atoms with E-state index in [1.54, 1.807) is 6.33 Å². The minimum atomic E-state index is -1.35. The molecule has 2 nitrogen and oxygen atoms in total. The Morgan fingerprint density at radius 3 is 2.00 bits per heavy atom. The van der Waals surface area contributed by atoms with Gasteiger partial charge in [-0.3, -0.25) is 0 Å². The SMILES string of the molecule is C[Si](C)(C)c1ccc2c(-c3ccc(-c4ccccc4)cc3)ncnc2c1. The van der Waals surface area contributed by atoms with E-state index in [2.05, 4.69) is 96.3 Å². The third kappa shape index (κ3) is 3.18. The van der Waals surface area contributed by atoms with E-state index in [9.17, 15) is 0 Å². The molecule has 0 atom stereocenters. The summed E-state index contributed by atoms with van der Waals surface area (Å²) in [6.45, 7) is 7.08. The van der Waals surface area contributed by atoms with Gasteiger partial charge in [-0.2, -0.15) is 0 Å². The summed E-state index contributed by atoms with van der Waals surface area (Å²) < 4.78 is 0. The van der Waals surface area contributed by atoms with Crippen molar-refractivity contribution in [2.24, 2.45) is 0 Å². The average Bonchev–Trinajstić information content (AvgIpc) is 2.67. The second-order valence-electron chi connectivity index (χ2n) is 7.65. The molecule has 0 aliphatic rings. The molecule has 0 saturated heterocycles. The maximum absolute atomic E-state index is 4.57. The third-order valence-electron chi connectivity index (χ3n) is 4.77. The Kier molecular flexibility index (Phi) is 4.17. The summed E-state index contributed by atoms with van der Waals surface area (Å²) >= 11 is 0. The lowest BCUT2D eigenvalue weighted by molar-refractivity contribution is 1.23. The highest BCUT2D eigenvalue weighted by atomic mass is 28.3. The van der Waals surface area contributed by atoms with Gasteiger partial charge >= 0.3 is 0 Å². The summed E-state index contributed by atoms with van der Waals surface area (Å²) in [5.74, 6) is 0. The van der Waals surface area contributed by atoms with E-state index in [1.165, 1.54) is 16.3 Å². The number of hydrogen-bond donors (Lipinski definition) is 0. The molecule has 0 saturated carbocycles. The summed E-state index contributed by atoms with van der Waals surface area (Å²) in [7, 11) is -1.35. The van der Waals surface area contributed by atoms with Gasteiger partial charge in [0, 0.05) is 10.9 Å². The van der Waals surface area contributed by atoms with E-state index in [0.29, 0.717) is 0 Å². The van der Waals surface area contributed by atoms with Crippen LogP contribution in [0.1, 0.15) is 0 Å². The highest BCUT2D eigenvalue weighted by Gasteiger charge is 2.17. The first-order valence-electron chi connectivity index (χ1n) is 8.93. The normalized spacial score (nSPS) is 11.7. The Morgan fingerprint density at radius 1 is 0.654 bits per heavy atom. The van der Waals surface area contributed by atoms with E-state index in [-0.39, 0.29) is 0 Å². The van der Waals surface area contributed by atoms with Gasteiger partial charge in [0.05, 0.1) is 19.3 Å². The van der Waals surface area contributed by atoms with Crippen LogP contribution in [0, 0.1) is 0 Å². The van der Waals surface area contributed by atoms with Gasteiger partial charge < -0.3 is 0 Å². The second-order valence-corrected chi connectivity index (χ2v) is 12.7. The van der Waals surface area contributed by atoms with Gasteiger partial charge in [0.2, 0.25) is 0 Å². The fourth-order valence-corrected chi connectivity index (χ4v) is 4.36. The van der Waals surface area contributed by atoms with Crippen LogP contribution in [0.5, 0.6) is 0 Å². The van der Waals surface area contributed by atoms with E-state index < -0.39 is 8.07 Å². The van der Waals surface area contributed by atoms with Crippen LogP contribution in [0.2, 0.25) is 19.6 Å². The molecule has 3 heteroatoms. The van der Waals surface area contributed by atoms with E-state index in [0.717, 1.165) is 22.2 Å². The molecule has 26 heavy (non-hydrogen) atoms. The molecular formula is C23H22N2Si. The monoisotopic (exact) mass is 354 g/mol. The molecule has 0 radical (unpaired) electrons. The molecule has 128 valence electrons. The number of benzene rings is 3. The molecule has 3 aromatic carbocycles. The number of rotatable bonds is 3. The van der Waals surface area contributed by atoms with Crippen molar-refractivity contribution < 1.29 is 0 Å². The van der Waals surface area contributed by atoms with Crippen molar-refractivity contribution >= 4 is 24.2 Å². The van der Waals surface area contributed by atoms with Crippen LogP contribution < -0.4 is 5.19 Å². The summed E-state index contributed by atoms with van der Waals surface area (Å²) in [6, 6.07) is 25.7. The van der Waals surface area contributed by atoms with Crippen LogP contribution in [-0.2, 0) is 0 Å². The van der Waals surface area contributed by atoms with Gasteiger partial charge in [-0.05, 0) is 17.2 Å². The quantitative estimate of drug-likeness (QED) is 0.453. The number of fused-ring (bicyclic) bond motifs is 1. The lowest BCUT2D eigenvalue weighted by Gasteiger charge is -2.17. The fourth-order valence-electron chi connectivity index (χ4n) is 3.20. The van der Waals surface area contributed by atoms with E-state index in [1.807, 2.05) is 6.07 Å². The van der Waals surface area contributed by atoms with E-state index in [4.69, 9.17) is 0 Å². The Balaban J connectivity index is 1.77. The van der Waals surface area contributed by atoms with Crippen molar-refractivity contribution in [3.05, 3.63) is 79.1 Å². The maximum atomic E-state index is 4.57. The first-order valence-corrected chi connectivity index (χ1v) is 12.4. The molecule has 0 aliphatic carbocycles. The highest BCUT2D eigenvalue weighted by molar-refractivity contribution is 6.88. The molecule has 0 fully saturated rings. The Labute approximate surface area is 155 Å². The molecule has 4 aromatic rings. The Hall–Kier alpha value is -2.78. The minimum Gasteiger partial charge on any atom is -0.236 e. The predicted molar refractivity (Wildman–Crippen MR) is 113 cm³/mol. The van der Waals surface area contributed by atoms with Crippen LogP contribution in [-0.4, -0.2) is 18.0 Å². The molecule has 0 amide bonds. The van der Waals surface area contributed by atoms with Crippen LogP contribution in [0.15, 0.2) is 79.1 Å². The largest absolute Gasteiger partial charge is 0.236 e. The molecule has 0 aliphatic heterocycles. The van der Waals surface area contributed by atoms with Crippen molar-refractivity contribution in [3.63, 3.8) is 0 Å². The van der Waals surface area contributed by atoms with Crippen LogP contribution >= 0.6 is 0 Å². The summed E-state index contributed by atoms with van der Waals surface area (Å²) in [5, 5.41) is 2.54. The number of aromatic nitrogens is 2. The summed E-state index contributed by atoms with van der Waals surface area (Å²) in [5.41, 5.74) is 5.59. The highest BCUT2D eigenvalue weighted by Crippen LogP contribution is 2.28. The topological polar surface area (TPSA) is 25.8 Å². The number of hydrogen-bond acceptors (Lipinski definition) is 2.